The summed E-state index contributed by atoms with van der Waals surface area (Å²) in [6, 6.07) is 15.4. The van der Waals surface area contributed by atoms with Gasteiger partial charge in [-0.25, -0.2) is 0 Å². The summed E-state index contributed by atoms with van der Waals surface area (Å²) in [6.07, 6.45) is 1.07. The number of para-hydroxylation sites is 1. The van der Waals surface area contributed by atoms with Gasteiger partial charge in [0.1, 0.15) is 5.75 Å². The molecule has 0 aliphatic heterocycles. The van der Waals surface area contributed by atoms with Crippen molar-refractivity contribution in [1.82, 2.24) is 0 Å². The third-order valence-corrected chi connectivity index (χ3v) is 4.10. The molecule has 1 atom stereocenters. The highest BCUT2D eigenvalue weighted by molar-refractivity contribution is 9.10. The van der Waals surface area contributed by atoms with E-state index in [1.807, 2.05) is 55.5 Å². The maximum atomic E-state index is 12.4. The van der Waals surface area contributed by atoms with Crippen LogP contribution in [0.4, 0.5) is 5.69 Å². The molecule has 0 aromatic heterocycles. The molecule has 0 bridgehead atoms. The second-order valence-corrected chi connectivity index (χ2v) is 5.84. The fourth-order valence-corrected chi connectivity index (χ4v) is 2.45. The molecule has 0 fully saturated rings. The Morgan fingerprint density at radius 3 is 2.41 bits per heavy atom. The molecule has 116 valence electrons. The maximum Gasteiger partial charge on any atom is 0.265 e. The molecule has 0 unspecified atom stereocenters. The number of rotatable bonds is 6. The molecule has 2 rings (SSSR count). The fourth-order valence-electron chi connectivity index (χ4n) is 2.07. The highest BCUT2D eigenvalue weighted by Gasteiger charge is 2.19. The van der Waals surface area contributed by atoms with Gasteiger partial charge in [0.25, 0.3) is 5.91 Å². The fraction of sp³-hybridized carbons (Fsp3) is 0.278. The minimum atomic E-state index is -0.514. The van der Waals surface area contributed by atoms with Crippen molar-refractivity contribution in [2.45, 2.75) is 32.8 Å². The number of nitrogens with one attached hydrogen (secondary N) is 1. The number of carbonyl (C=O) groups is 1. The molecule has 0 saturated carbocycles. The Labute approximate surface area is 139 Å². The second kappa shape index (κ2) is 7.99. The number of carbonyl (C=O) groups excluding carboxylic acids is 1. The van der Waals surface area contributed by atoms with Crippen molar-refractivity contribution >= 4 is 27.5 Å². The molecular formula is C18H20BrNO2. The molecule has 2 aromatic rings. The monoisotopic (exact) mass is 361 g/mol. The molecule has 3 nitrogen and oxygen atoms in total. The van der Waals surface area contributed by atoms with E-state index in [4.69, 9.17) is 4.74 Å². The Hall–Kier alpha value is -1.81. The van der Waals surface area contributed by atoms with E-state index in [9.17, 15) is 4.79 Å². The van der Waals surface area contributed by atoms with E-state index >= 15 is 0 Å². The average Bonchev–Trinajstić information content (AvgIpc) is 2.55. The Morgan fingerprint density at radius 2 is 1.82 bits per heavy atom. The van der Waals surface area contributed by atoms with Gasteiger partial charge in [-0.05, 0) is 58.6 Å². The molecule has 4 heteroatoms. The largest absolute Gasteiger partial charge is 0.481 e. The lowest BCUT2D eigenvalue weighted by atomic mass is 10.1. The SMILES string of the molecule is CCc1ccc(O[C@H](CC)C(=O)Nc2ccccc2Br)cc1. The van der Waals surface area contributed by atoms with E-state index in [1.165, 1.54) is 5.56 Å². The van der Waals surface area contributed by atoms with Crippen molar-refractivity contribution in [2.24, 2.45) is 0 Å². The maximum absolute atomic E-state index is 12.4. The van der Waals surface area contributed by atoms with E-state index in [1.54, 1.807) is 0 Å². The number of halogens is 1. The van der Waals surface area contributed by atoms with Crippen LogP contribution in [0.15, 0.2) is 53.0 Å². The molecule has 22 heavy (non-hydrogen) atoms. The van der Waals surface area contributed by atoms with E-state index in [2.05, 4.69) is 28.2 Å². The van der Waals surface area contributed by atoms with Crippen LogP contribution in [-0.2, 0) is 11.2 Å². The Balaban J connectivity index is 2.03. The molecule has 0 heterocycles. The molecule has 1 N–H and O–H groups in total. The van der Waals surface area contributed by atoms with Crippen molar-refractivity contribution in [3.8, 4) is 5.75 Å². The summed E-state index contributed by atoms with van der Waals surface area (Å²) in [5.74, 6) is 0.570. The third kappa shape index (κ3) is 4.34. The first-order valence-electron chi connectivity index (χ1n) is 7.45. The number of hydrogen-bond donors (Lipinski definition) is 1. The first-order valence-corrected chi connectivity index (χ1v) is 8.24. The van der Waals surface area contributed by atoms with Gasteiger partial charge >= 0.3 is 0 Å². The zero-order valence-corrected chi connectivity index (χ0v) is 14.4. The summed E-state index contributed by atoms with van der Waals surface area (Å²) in [7, 11) is 0. The zero-order chi connectivity index (χ0) is 15.9. The van der Waals surface area contributed by atoms with Crippen LogP contribution < -0.4 is 10.1 Å². The highest BCUT2D eigenvalue weighted by Crippen LogP contribution is 2.22. The van der Waals surface area contributed by atoms with Gasteiger partial charge in [-0.3, -0.25) is 4.79 Å². The standard InChI is InChI=1S/C18H20BrNO2/c1-3-13-9-11-14(12-10-13)22-17(4-2)18(21)20-16-8-6-5-7-15(16)19/h5-12,17H,3-4H2,1-2H3,(H,20,21)/t17-/m1/s1. The zero-order valence-electron chi connectivity index (χ0n) is 12.8. The van der Waals surface area contributed by atoms with E-state index in [-0.39, 0.29) is 5.91 Å². The molecular weight excluding hydrogens is 342 g/mol. The molecule has 0 aliphatic carbocycles. The first kappa shape index (κ1) is 16.6. The molecule has 0 spiro atoms. The van der Waals surface area contributed by atoms with E-state index in [0.717, 1.165) is 16.6 Å². The van der Waals surface area contributed by atoms with Crippen LogP contribution in [0.1, 0.15) is 25.8 Å². The lowest BCUT2D eigenvalue weighted by molar-refractivity contribution is -0.122. The Kier molecular flexibility index (Phi) is 6.01. The van der Waals surface area contributed by atoms with Gasteiger partial charge in [0.05, 0.1) is 5.69 Å². The van der Waals surface area contributed by atoms with Gasteiger partial charge in [0, 0.05) is 4.47 Å². The van der Waals surface area contributed by atoms with Gasteiger partial charge in [0.15, 0.2) is 6.10 Å². The Bertz CT molecular complexity index is 625. The van der Waals surface area contributed by atoms with Gasteiger partial charge in [-0.1, -0.05) is 38.1 Å². The molecule has 2 aromatic carbocycles. The van der Waals surface area contributed by atoms with E-state index < -0.39 is 6.10 Å². The summed E-state index contributed by atoms with van der Waals surface area (Å²) >= 11 is 3.42. The summed E-state index contributed by atoms with van der Waals surface area (Å²) in [4.78, 5) is 12.4. The topological polar surface area (TPSA) is 38.3 Å². The van der Waals surface area contributed by atoms with Gasteiger partial charge < -0.3 is 10.1 Å². The number of ether oxygens (including phenoxy) is 1. The van der Waals surface area contributed by atoms with E-state index in [0.29, 0.717) is 12.2 Å². The predicted octanol–water partition coefficient (Wildman–Crippen LogP) is 4.81. The highest BCUT2D eigenvalue weighted by atomic mass is 79.9. The van der Waals surface area contributed by atoms with Crippen LogP contribution in [0.3, 0.4) is 0 Å². The number of benzene rings is 2. The van der Waals surface area contributed by atoms with Crippen LogP contribution >= 0.6 is 15.9 Å². The van der Waals surface area contributed by atoms with Gasteiger partial charge in [0.2, 0.25) is 0 Å². The summed E-state index contributed by atoms with van der Waals surface area (Å²) in [5.41, 5.74) is 1.99. The summed E-state index contributed by atoms with van der Waals surface area (Å²) in [6.45, 7) is 4.04. The summed E-state index contributed by atoms with van der Waals surface area (Å²) < 4.78 is 6.66. The molecule has 0 radical (unpaired) electrons. The smallest absolute Gasteiger partial charge is 0.265 e. The first-order chi connectivity index (χ1) is 10.6. The predicted molar refractivity (Wildman–Crippen MR) is 93.3 cm³/mol. The van der Waals surface area contributed by atoms with Crippen LogP contribution in [0, 0.1) is 0 Å². The van der Waals surface area contributed by atoms with Gasteiger partial charge in [-0.2, -0.15) is 0 Å². The van der Waals surface area contributed by atoms with Crippen LogP contribution in [0.2, 0.25) is 0 Å². The number of anilines is 1. The quantitative estimate of drug-likeness (QED) is 0.801. The van der Waals surface area contributed by atoms with Crippen molar-refractivity contribution in [2.75, 3.05) is 5.32 Å². The van der Waals surface area contributed by atoms with Crippen LogP contribution in [0.25, 0.3) is 0 Å². The second-order valence-electron chi connectivity index (χ2n) is 4.98. The minimum absolute atomic E-state index is 0.144. The van der Waals surface area contributed by atoms with Crippen LogP contribution in [-0.4, -0.2) is 12.0 Å². The Morgan fingerprint density at radius 1 is 1.14 bits per heavy atom. The average molecular weight is 362 g/mol. The lowest BCUT2D eigenvalue weighted by Crippen LogP contribution is -2.32. The summed E-state index contributed by atoms with van der Waals surface area (Å²) in [5, 5.41) is 2.89. The number of aryl methyl sites for hydroxylation is 1. The minimum Gasteiger partial charge on any atom is -0.481 e. The van der Waals surface area contributed by atoms with Crippen molar-refractivity contribution in [3.05, 3.63) is 58.6 Å². The lowest BCUT2D eigenvalue weighted by Gasteiger charge is -2.18. The van der Waals surface area contributed by atoms with Gasteiger partial charge in [-0.15, -0.1) is 0 Å². The van der Waals surface area contributed by atoms with Crippen molar-refractivity contribution in [1.29, 1.82) is 0 Å². The van der Waals surface area contributed by atoms with Crippen LogP contribution in [0.5, 0.6) is 5.75 Å². The van der Waals surface area contributed by atoms with Crippen molar-refractivity contribution < 1.29 is 9.53 Å². The third-order valence-electron chi connectivity index (χ3n) is 3.40. The number of hydrogen-bond acceptors (Lipinski definition) is 2. The number of amides is 1. The van der Waals surface area contributed by atoms with Crippen molar-refractivity contribution in [3.63, 3.8) is 0 Å². The normalized spacial score (nSPS) is 11.8. The molecule has 0 saturated heterocycles. The molecule has 1 amide bonds. The molecule has 0 aliphatic rings.